The van der Waals surface area contributed by atoms with Crippen molar-refractivity contribution in [3.63, 3.8) is 0 Å². The minimum atomic E-state index is -1.65. The van der Waals surface area contributed by atoms with Crippen LogP contribution in [0.25, 0.3) is 0 Å². The van der Waals surface area contributed by atoms with Crippen molar-refractivity contribution in [2.45, 2.75) is 45.0 Å². The van der Waals surface area contributed by atoms with Crippen LogP contribution in [0, 0.1) is 5.92 Å². The zero-order valence-corrected chi connectivity index (χ0v) is 12.5. The molecule has 0 heterocycles. The van der Waals surface area contributed by atoms with Gasteiger partial charge in [0, 0.05) is 12.3 Å². The van der Waals surface area contributed by atoms with Crippen molar-refractivity contribution >= 4 is 14.1 Å². The van der Waals surface area contributed by atoms with Crippen LogP contribution in [0.3, 0.4) is 0 Å². The van der Waals surface area contributed by atoms with Crippen LogP contribution in [-0.4, -0.2) is 14.1 Å². The monoisotopic (exact) mass is 262 g/mol. The zero-order chi connectivity index (χ0) is 13.2. The number of rotatable bonds is 4. The molecular weight excluding hydrogens is 240 g/mol. The Kier molecular flexibility index (Phi) is 4.03. The highest BCUT2D eigenvalue weighted by atomic mass is 28.4. The fourth-order valence-electron chi connectivity index (χ4n) is 2.57. The first-order chi connectivity index (χ1) is 8.47. The van der Waals surface area contributed by atoms with Crippen molar-refractivity contribution in [3.8, 4) is 0 Å². The molecular formula is C15H22O2Si. The van der Waals surface area contributed by atoms with Gasteiger partial charge >= 0.3 is 0 Å². The van der Waals surface area contributed by atoms with E-state index in [4.69, 9.17) is 4.43 Å². The van der Waals surface area contributed by atoms with Crippen LogP contribution in [0.2, 0.25) is 19.6 Å². The summed E-state index contributed by atoms with van der Waals surface area (Å²) in [7, 11) is -1.65. The molecule has 1 fully saturated rings. The third-order valence-corrected chi connectivity index (χ3v) is 4.29. The molecule has 1 aliphatic rings. The predicted molar refractivity (Wildman–Crippen MR) is 76.0 cm³/mol. The number of hydrogen-bond donors (Lipinski definition) is 0. The molecule has 1 aromatic carbocycles. The third-order valence-electron chi connectivity index (χ3n) is 3.33. The topological polar surface area (TPSA) is 26.3 Å². The van der Waals surface area contributed by atoms with Crippen molar-refractivity contribution in [1.82, 2.24) is 0 Å². The van der Waals surface area contributed by atoms with Crippen LogP contribution in [-0.2, 0) is 9.22 Å². The van der Waals surface area contributed by atoms with E-state index in [1.807, 2.05) is 18.2 Å². The Labute approximate surface area is 110 Å². The first-order valence-corrected chi connectivity index (χ1v) is 10.1. The number of benzene rings is 1. The van der Waals surface area contributed by atoms with E-state index in [0.717, 1.165) is 24.8 Å². The van der Waals surface area contributed by atoms with Crippen molar-refractivity contribution < 1.29 is 9.22 Å². The Morgan fingerprint density at radius 3 is 2.39 bits per heavy atom. The number of hydrogen-bond acceptors (Lipinski definition) is 2. The van der Waals surface area contributed by atoms with E-state index < -0.39 is 8.32 Å². The average Bonchev–Trinajstić information content (AvgIpc) is 2.72. The highest BCUT2D eigenvalue weighted by Crippen LogP contribution is 2.37. The van der Waals surface area contributed by atoms with Gasteiger partial charge in [-0.1, -0.05) is 30.3 Å². The van der Waals surface area contributed by atoms with Gasteiger partial charge in [0.15, 0.2) is 8.32 Å². The molecule has 0 spiro atoms. The molecule has 1 aliphatic carbocycles. The van der Waals surface area contributed by atoms with Gasteiger partial charge in [0.1, 0.15) is 5.78 Å². The maximum absolute atomic E-state index is 12.0. The quantitative estimate of drug-likeness (QED) is 0.768. The minimum Gasteiger partial charge on any atom is -0.410 e. The molecule has 0 radical (unpaired) electrons. The Morgan fingerprint density at radius 2 is 1.89 bits per heavy atom. The summed E-state index contributed by atoms with van der Waals surface area (Å²) < 4.78 is 6.30. The van der Waals surface area contributed by atoms with Gasteiger partial charge < -0.3 is 4.43 Å². The summed E-state index contributed by atoms with van der Waals surface area (Å²) in [6.07, 6.45) is 2.68. The molecule has 0 N–H and O–H groups in total. The SMILES string of the molecule is C[Si](C)(C)O[C@H](c1ccccc1)[C@H]1CCCC1=O. The second-order valence-electron chi connectivity index (χ2n) is 6.03. The van der Waals surface area contributed by atoms with Crippen molar-refractivity contribution in [2.75, 3.05) is 0 Å². The molecule has 2 rings (SSSR count). The molecule has 0 aliphatic heterocycles. The second kappa shape index (κ2) is 5.37. The molecule has 2 atom stereocenters. The van der Waals surface area contributed by atoms with Crippen LogP contribution in [0.1, 0.15) is 30.9 Å². The van der Waals surface area contributed by atoms with E-state index in [-0.39, 0.29) is 12.0 Å². The summed E-state index contributed by atoms with van der Waals surface area (Å²) in [5.41, 5.74) is 1.15. The number of carbonyl (C=O) groups is 1. The average molecular weight is 262 g/mol. The van der Waals surface area contributed by atoms with E-state index in [9.17, 15) is 4.79 Å². The number of Topliss-reactive ketones (excluding diaryl/α,β-unsaturated/α-hetero) is 1. The number of carbonyl (C=O) groups excluding carboxylic acids is 1. The maximum Gasteiger partial charge on any atom is 0.184 e. The molecule has 3 heteroatoms. The molecule has 0 bridgehead atoms. The molecule has 98 valence electrons. The first kappa shape index (κ1) is 13.5. The van der Waals surface area contributed by atoms with Crippen molar-refractivity contribution in [1.29, 1.82) is 0 Å². The Morgan fingerprint density at radius 1 is 1.22 bits per heavy atom. The molecule has 1 saturated carbocycles. The fourth-order valence-corrected chi connectivity index (χ4v) is 3.63. The second-order valence-corrected chi connectivity index (χ2v) is 10.5. The summed E-state index contributed by atoms with van der Waals surface area (Å²) in [5, 5.41) is 0. The lowest BCUT2D eigenvalue weighted by Crippen LogP contribution is -2.32. The van der Waals surface area contributed by atoms with Crippen molar-refractivity contribution in [3.05, 3.63) is 35.9 Å². The molecule has 0 unspecified atom stereocenters. The van der Waals surface area contributed by atoms with E-state index in [1.165, 1.54) is 0 Å². The molecule has 0 amide bonds. The fraction of sp³-hybridized carbons (Fsp3) is 0.533. The lowest BCUT2D eigenvalue weighted by atomic mass is 9.94. The summed E-state index contributed by atoms with van der Waals surface area (Å²) >= 11 is 0. The van der Waals surface area contributed by atoms with Crippen LogP contribution in [0.5, 0.6) is 0 Å². The Balaban J connectivity index is 2.26. The van der Waals surface area contributed by atoms with Crippen LogP contribution >= 0.6 is 0 Å². The van der Waals surface area contributed by atoms with Gasteiger partial charge in [-0.25, -0.2) is 0 Å². The maximum atomic E-state index is 12.0. The lowest BCUT2D eigenvalue weighted by molar-refractivity contribution is -0.123. The predicted octanol–water partition coefficient (Wildman–Crippen LogP) is 3.95. The van der Waals surface area contributed by atoms with E-state index in [1.54, 1.807) is 0 Å². The van der Waals surface area contributed by atoms with Gasteiger partial charge in [-0.3, -0.25) is 4.79 Å². The van der Waals surface area contributed by atoms with Gasteiger partial charge in [-0.15, -0.1) is 0 Å². The molecule has 18 heavy (non-hydrogen) atoms. The summed E-state index contributed by atoms with van der Waals surface area (Å²) in [6, 6.07) is 10.2. The van der Waals surface area contributed by atoms with Gasteiger partial charge in [0.2, 0.25) is 0 Å². The van der Waals surface area contributed by atoms with Crippen LogP contribution in [0.4, 0.5) is 0 Å². The molecule has 0 saturated heterocycles. The summed E-state index contributed by atoms with van der Waals surface area (Å²) in [4.78, 5) is 12.0. The Hall–Kier alpha value is -0.933. The normalized spacial score (nSPS) is 22.2. The van der Waals surface area contributed by atoms with Gasteiger partial charge in [-0.2, -0.15) is 0 Å². The summed E-state index contributed by atoms with van der Waals surface area (Å²) in [5.74, 6) is 0.446. The summed E-state index contributed by atoms with van der Waals surface area (Å²) in [6.45, 7) is 6.55. The lowest BCUT2D eigenvalue weighted by Gasteiger charge is -2.30. The van der Waals surface area contributed by atoms with E-state index >= 15 is 0 Å². The minimum absolute atomic E-state index is 0.0344. The largest absolute Gasteiger partial charge is 0.410 e. The van der Waals surface area contributed by atoms with Crippen LogP contribution in [0.15, 0.2) is 30.3 Å². The van der Waals surface area contributed by atoms with Gasteiger partial charge in [0.05, 0.1) is 6.10 Å². The zero-order valence-electron chi connectivity index (χ0n) is 11.5. The third kappa shape index (κ3) is 3.30. The first-order valence-electron chi connectivity index (χ1n) is 6.73. The molecule has 2 nitrogen and oxygen atoms in total. The smallest absolute Gasteiger partial charge is 0.184 e. The van der Waals surface area contributed by atoms with Gasteiger partial charge in [-0.05, 0) is 38.0 Å². The van der Waals surface area contributed by atoms with E-state index in [0.29, 0.717) is 5.78 Å². The molecule has 0 aromatic heterocycles. The highest BCUT2D eigenvalue weighted by molar-refractivity contribution is 6.69. The van der Waals surface area contributed by atoms with E-state index in [2.05, 4.69) is 31.8 Å². The van der Waals surface area contributed by atoms with Crippen LogP contribution < -0.4 is 0 Å². The van der Waals surface area contributed by atoms with Gasteiger partial charge in [0.25, 0.3) is 0 Å². The highest BCUT2D eigenvalue weighted by Gasteiger charge is 2.36. The Bertz CT molecular complexity index is 408. The van der Waals surface area contributed by atoms with Crippen molar-refractivity contribution in [2.24, 2.45) is 5.92 Å². The standard InChI is InChI=1S/C15H22O2Si/c1-18(2,3)17-15(12-8-5-4-6-9-12)13-10-7-11-14(13)16/h4-6,8-9,13,15H,7,10-11H2,1-3H3/t13-,15+/m0/s1. The number of ketones is 1. The molecule has 1 aromatic rings.